The van der Waals surface area contributed by atoms with Crippen molar-refractivity contribution in [2.45, 2.75) is 32.4 Å². The van der Waals surface area contributed by atoms with E-state index < -0.39 is 0 Å². The molecule has 0 bridgehead atoms. The quantitative estimate of drug-likeness (QED) is 0.799. The Balaban J connectivity index is 1.91. The first-order valence-corrected chi connectivity index (χ1v) is 7.16. The number of hydrogen-bond donors (Lipinski definition) is 1. The van der Waals surface area contributed by atoms with Gasteiger partial charge in [0.1, 0.15) is 5.75 Å². The van der Waals surface area contributed by atoms with Crippen molar-refractivity contribution in [3.05, 3.63) is 47.5 Å². The Bertz CT molecular complexity index is 526. The van der Waals surface area contributed by atoms with E-state index in [0.29, 0.717) is 11.6 Å². The Labute approximate surface area is 124 Å². The van der Waals surface area contributed by atoms with Gasteiger partial charge in [0, 0.05) is 25.0 Å². The first kappa shape index (κ1) is 14.9. The van der Waals surface area contributed by atoms with Gasteiger partial charge in [-0.3, -0.25) is 0 Å². The van der Waals surface area contributed by atoms with Crippen LogP contribution in [0.5, 0.6) is 5.75 Å². The third-order valence-corrected chi connectivity index (χ3v) is 3.25. The molecule has 2 N–H and O–H groups in total. The van der Waals surface area contributed by atoms with E-state index in [1.807, 2.05) is 35.9 Å². The summed E-state index contributed by atoms with van der Waals surface area (Å²) in [7, 11) is 0. The van der Waals surface area contributed by atoms with Crippen LogP contribution >= 0.6 is 11.6 Å². The number of halogens is 1. The smallest absolute Gasteiger partial charge is 0.141 e. The molecule has 1 aromatic carbocycles. The fraction of sp³-hybridized carbons (Fsp3) is 0.400. The fourth-order valence-electron chi connectivity index (χ4n) is 2.06. The van der Waals surface area contributed by atoms with Gasteiger partial charge in [0.15, 0.2) is 0 Å². The lowest BCUT2D eigenvalue weighted by Gasteiger charge is -2.14. The van der Waals surface area contributed by atoms with Crippen molar-refractivity contribution in [1.29, 1.82) is 0 Å². The van der Waals surface area contributed by atoms with Gasteiger partial charge in [0.2, 0.25) is 0 Å². The molecule has 20 heavy (non-hydrogen) atoms. The number of aryl methyl sites for hydroxylation is 1. The van der Waals surface area contributed by atoms with Crippen molar-refractivity contribution in [3.8, 4) is 5.75 Å². The summed E-state index contributed by atoms with van der Waals surface area (Å²) in [6.07, 6.45) is 7.18. The van der Waals surface area contributed by atoms with E-state index in [-0.39, 0.29) is 6.04 Å². The predicted molar refractivity (Wildman–Crippen MR) is 81.1 cm³/mol. The topological polar surface area (TPSA) is 53.1 Å². The number of benzene rings is 1. The summed E-state index contributed by atoms with van der Waals surface area (Å²) in [6, 6.07) is 5.87. The monoisotopic (exact) mass is 293 g/mol. The minimum absolute atomic E-state index is 0.0850. The Kier molecular flexibility index (Phi) is 5.44. The van der Waals surface area contributed by atoms with Gasteiger partial charge in [0.05, 0.1) is 18.0 Å². The number of para-hydroxylation sites is 1. The van der Waals surface area contributed by atoms with Crippen molar-refractivity contribution in [1.82, 2.24) is 9.55 Å². The highest BCUT2D eigenvalue weighted by Crippen LogP contribution is 2.29. The fourth-order valence-corrected chi connectivity index (χ4v) is 2.31. The molecular weight excluding hydrogens is 274 g/mol. The molecule has 0 spiro atoms. The molecule has 2 aromatic rings. The van der Waals surface area contributed by atoms with E-state index >= 15 is 0 Å². The van der Waals surface area contributed by atoms with Gasteiger partial charge in [-0.2, -0.15) is 0 Å². The minimum atomic E-state index is 0.0850. The number of hydrogen-bond acceptors (Lipinski definition) is 3. The molecule has 1 unspecified atom stereocenters. The molecule has 0 saturated heterocycles. The molecule has 0 radical (unpaired) electrons. The summed E-state index contributed by atoms with van der Waals surface area (Å²) in [5.74, 6) is 0.761. The number of ether oxygens (including phenoxy) is 1. The third-order valence-electron chi connectivity index (χ3n) is 2.96. The molecule has 0 aliphatic carbocycles. The summed E-state index contributed by atoms with van der Waals surface area (Å²) in [6.45, 7) is 3.48. The van der Waals surface area contributed by atoms with Gasteiger partial charge < -0.3 is 15.0 Å². The van der Waals surface area contributed by atoms with Crippen LogP contribution in [-0.2, 0) is 13.0 Å². The van der Waals surface area contributed by atoms with E-state index in [1.54, 1.807) is 12.5 Å². The van der Waals surface area contributed by atoms with Crippen molar-refractivity contribution in [3.63, 3.8) is 0 Å². The van der Waals surface area contributed by atoms with Crippen LogP contribution in [0.3, 0.4) is 0 Å². The Hall–Kier alpha value is -1.52. The Morgan fingerprint density at radius 2 is 2.30 bits per heavy atom. The lowest BCUT2D eigenvalue weighted by molar-refractivity contribution is 0.298. The lowest BCUT2D eigenvalue weighted by atomic mass is 10.1. The molecule has 1 atom stereocenters. The highest BCUT2D eigenvalue weighted by Gasteiger charge is 2.10. The maximum Gasteiger partial charge on any atom is 0.141 e. The molecule has 0 aliphatic heterocycles. The summed E-state index contributed by atoms with van der Waals surface area (Å²) in [5, 5.41) is 0.644. The number of nitrogens with two attached hydrogens (primary N) is 1. The molecule has 1 aromatic heterocycles. The van der Waals surface area contributed by atoms with Crippen LogP contribution in [0.4, 0.5) is 0 Å². The van der Waals surface area contributed by atoms with Gasteiger partial charge in [-0.15, -0.1) is 0 Å². The molecule has 4 nitrogen and oxygen atoms in total. The summed E-state index contributed by atoms with van der Waals surface area (Å²) in [5.41, 5.74) is 6.92. The molecule has 1 heterocycles. The van der Waals surface area contributed by atoms with Gasteiger partial charge in [-0.05, 0) is 31.4 Å². The van der Waals surface area contributed by atoms with Gasteiger partial charge in [0.25, 0.3) is 0 Å². The number of rotatable bonds is 7. The number of aromatic nitrogens is 2. The standard InChI is InChI=1S/C15H20ClN3O/c1-12(17)10-13-4-2-5-14(16)15(13)20-9-3-7-19-8-6-18-11-19/h2,4-6,8,11-12H,3,7,9-10,17H2,1H3. The zero-order chi connectivity index (χ0) is 14.4. The van der Waals surface area contributed by atoms with Crippen LogP contribution in [0, 0.1) is 0 Å². The summed E-state index contributed by atoms with van der Waals surface area (Å²) >= 11 is 6.21. The number of imidazole rings is 1. The summed E-state index contributed by atoms with van der Waals surface area (Å²) in [4.78, 5) is 4.01. The average Bonchev–Trinajstić information content (AvgIpc) is 2.89. The molecule has 5 heteroatoms. The largest absolute Gasteiger partial charge is 0.492 e. The van der Waals surface area contributed by atoms with Gasteiger partial charge in [-0.1, -0.05) is 23.7 Å². The molecule has 108 valence electrons. The first-order valence-electron chi connectivity index (χ1n) is 6.78. The highest BCUT2D eigenvalue weighted by atomic mass is 35.5. The third kappa shape index (κ3) is 4.25. The van der Waals surface area contributed by atoms with E-state index in [1.165, 1.54) is 0 Å². The van der Waals surface area contributed by atoms with E-state index in [2.05, 4.69) is 4.98 Å². The molecule has 0 saturated carbocycles. The van der Waals surface area contributed by atoms with Crippen molar-refractivity contribution in [2.75, 3.05) is 6.61 Å². The maximum atomic E-state index is 6.21. The van der Waals surface area contributed by atoms with Crippen LogP contribution in [0.25, 0.3) is 0 Å². The van der Waals surface area contributed by atoms with Crippen molar-refractivity contribution >= 4 is 11.6 Å². The van der Waals surface area contributed by atoms with E-state index in [9.17, 15) is 0 Å². The van der Waals surface area contributed by atoms with E-state index in [0.717, 1.165) is 30.7 Å². The lowest BCUT2D eigenvalue weighted by Crippen LogP contribution is -2.18. The van der Waals surface area contributed by atoms with Crippen molar-refractivity contribution < 1.29 is 4.74 Å². The molecule has 0 fully saturated rings. The SMILES string of the molecule is CC(N)Cc1cccc(Cl)c1OCCCn1ccnc1. The Morgan fingerprint density at radius 1 is 1.45 bits per heavy atom. The van der Waals surface area contributed by atoms with Crippen LogP contribution < -0.4 is 10.5 Å². The van der Waals surface area contributed by atoms with Gasteiger partial charge >= 0.3 is 0 Å². The molecule has 2 rings (SSSR count). The zero-order valence-corrected chi connectivity index (χ0v) is 12.4. The number of nitrogens with zero attached hydrogens (tertiary/aromatic N) is 2. The second-order valence-corrected chi connectivity index (χ2v) is 5.32. The predicted octanol–water partition coefficient (Wildman–Crippen LogP) is 2.90. The normalized spacial score (nSPS) is 12.3. The molecule has 0 amide bonds. The highest BCUT2D eigenvalue weighted by molar-refractivity contribution is 6.32. The summed E-state index contributed by atoms with van der Waals surface area (Å²) < 4.78 is 7.87. The van der Waals surface area contributed by atoms with Gasteiger partial charge in [-0.25, -0.2) is 4.98 Å². The maximum absolute atomic E-state index is 6.21. The van der Waals surface area contributed by atoms with Crippen LogP contribution in [-0.4, -0.2) is 22.2 Å². The van der Waals surface area contributed by atoms with Crippen LogP contribution in [0.1, 0.15) is 18.9 Å². The van der Waals surface area contributed by atoms with Crippen molar-refractivity contribution in [2.24, 2.45) is 5.73 Å². The minimum Gasteiger partial charge on any atom is -0.492 e. The van der Waals surface area contributed by atoms with Crippen LogP contribution in [0.15, 0.2) is 36.9 Å². The second kappa shape index (κ2) is 7.31. The Morgan fingerprint density at radius 3 is 3.00 bits per heavy atom. The van der Waals surface area contributed by atoms with E-state index in [4.69, 9.17) is 22.1 Å². The molecule has 0 aliphatic rings. The average molecular weight is 294 g/mol. The zero-order valence-electron chi connectivity index (χ0n) is 11.6. The van der Waals surface area contributed by atoms with Crippen LogP contribution in [0.2, 0.25) is 5.02 Å². The first-order chi connectivity index (χ1) is 9.66. The molecular formula is C15H20ClN3O. The second-order valence-electron chi connectivity index (χ2n) is 4.91.